The van der Waals surface area contributed by atoms with Gasteiger partial charge in [0.15, 0.2) is 5.96 Å². The van der Waals surface area contributed by atoms with Crippen LogP contribution in [0.1, 0.15) is 12.2 Å². The molecular weight excluding hydrogens is 330 g/mol. The first-order valence-electron chi connectivity index (χ1n) is 9.95. The number of ether oxygens (including phenoxy) is 1. The number of hydrogen-bond donors (Lipinski definition) is 2. The molecule has 0 spiro atoms. The Morgan fingerprint density at radius 3 is 2.85 bits per heavy atom. The fourth-order valence-electron chi connectivity index (χ4n) is 4.01. The topological polar surface area (TPSA) is 65.3 Å². The summed E-state index contributed by atoms with van der Waals surface area (Å²) >= 11 is 0. The number of rotatable bonds is 7. The summed E-state index contributed by atoms with van der Waals surface area (Å²) in [6, 6.07) is 4.54. The third-order valence-corrected chi connectivity index (χ3v) is 5.67. The lowest BCUT2D eigenvalue weighted by Gasteiger charge is -2.47. The molecule has 0 saturated carbocycles. The minimum atomic E-state index is 0.555. The van der Waals surface area contributed by atoms with Crippen LogP contribution in [0.5, 0.6) is 0 Å². The highest BCUT2D eigenvalue weighted by Crippen LogP contribution is 2.15. The van der Waals surface area contributed by atoms with Crippen molar-refractivity contribution in [2.45, 2.75) is 18.9 Å². The van der Waals surface area contributed by atoms with Crippen molar-refractivity contribution in [1.82, 2.24) is 20.4 Å². The molecule has 4 aliphatic heterocycles. The Bertz CT molecular complexity index is 562. The van der Waals surface area contributed by atoms with E-state index in [0.29, 0.717) is 12.0 Å². The van der Waals surface area contributed by atoms with Crippen LogP contribution in [-0.2, 0) is 11.2 Å². The second-order valence-electron chi connectivity index (χ2n) is 7.55. The summed E-state index contributed by atoms with van der Waals surface area (Å²) in [5.41, 5.74) is 0. The van der Waals surface area contributed by atoms with Gasteiger partial charge in [-0.05, 0) is 18.6 Å². The second-order valence-corrected chi connectivity index (χ2v) is 7.55. The molecule has 4 aliphatic rings. The molecule has 7 nitrogen and oxygen atoms in total. The van der Waals surface area contributed by atoms with Crippen LogP contribution in [0.25, 0.3) is 0 Å². The van der Waals surface area contributed by atoms with Crippen molar-refractivity contribution in [3.8, 4) is 0 Å². The average molecular weight is 361 g/mol. The van der Waals surface area contributed by atoms with E-state index < -0.39 is 0 Å². The molecule has 4 fully saturated rings. The molecule has 2 atom stereocenters. The van der Waals surface area contributed by atoms with Gasteiger partial charge in [0.1, 0.15) is 5.76 Å². The van der Waals surface area contributed by atoms with Gasteiger partial charge in [-0.25, -0.2) is 0 Å². The molecule has 7 heteroatoms. The number of nitrogens with zero attached hydrogens (tertiary/aromatic N) is 3. The van der Waals surface area contributed by atoms with Crippen LogP contribution in [0.15, 0.2) is 27.8 Å². The standard InChI is InChI=1S/C19H31N5O2/c1-2-18(26-10-1)3-5-20-19(21-12-16-4-11-25-15-16)22-13-17-14-23-6-8-24(17)9-7-23/h1-2,10,16-17H,3-9,11-15H2,(H2,20,21,22). The molecule has 2 bridgehead atoms. The maximum absolute atomic E-state index is 5.47. The van der Waals surface area contributed by atoms with Gasteiger partial charge in [-0.2, -0.15) is 0 Å². The van der Waals surface area contributed by atoms with Gasteiger partial charge < -0.3 is 19.8 Å². The Hall–Kier alpha value is -1.57. The number of furan rings is 1. The molecule has 5 rings (SSSR count). The predicted molar refractivity (Wildman–Crippen MR) is 101 cm³/mol. The highest BCUT2D eigenvalue weighted by atomic mass is 16.5. The van der Waals surface area contributed by atoms with Crippen LogP contribution in [0.4, 0.5) is 0 Å². The minimum absolute atomic E-state index is 0.555. The number of guanidine groups is 1. The van der Waals surface area contributed by atoms with E-state index in [0.717, 1.165) is 57.4 Å². The lowest BCUT2D eigenvalue weighted by Crippen LogP contribution is -2.63. The molecule has 2 unspecified atom stereocenters. The summed E-state index contributed by atoms with van der Waals surface area (Å²) in [4.78, 5) is 10.0. The molecule has 0 radical (unpaired) electrons. The zero-order valence-electron chi connectivity index (χ0n) is 15.5. The zero-order chi connectivity index (χ0) is 17.6. The van der Waals surface area contributed by atoms with Crippen LogP contribution in [-0.4, -0.2) is 87.4 Å². The van der Waals surface area contributed by atoms with Crippen molar-refractivity contribution < 1.29 is 9.15 Å². The lowest BCUT2D eigenvalue weighted by molar-refractivity contribution is 0.0154. The van der Waals surface area contributed by atoms with Crippen LogP contribution < -0.4 is 10.6 Å². The first-order valence-corrected chi connectivity index (χ1v) is 9.95. The average Bonchev–Trinajstić information content (AvgIpc) is 3.38. The highest BCUT2D eigenvalue weighted by molar-refractivity contribution is 5.79. The number of aliphatic imine (C=N–C) groups is 1. The molecule has 2 N–H and O–H groups in total. The van der Waals surface area contributed by atoms with Crippen molar-refractivity contribution in [3.05, 3.63) is 24.2 Å². The quantitative estimate of drug-likeness (QED) is 0.541. The van der Waals surface area contributed by atoms with E-state index in [9.17, 15) is 0 Å². The van der Waals surface area contributed by atoms with E-state index in [2.05, 4.69) is 20.4 Å². The summed E-state index contributed by atoms with van der Waals surface area (Å²) in [6.07, 6.45) is 3.71. The number of nitrogens with one attached hydrogen (secondary N) is 2. The molecule has 0 amide bonds. The largest absolute Gasteiger partial charge is 0.469 e. The van der Waals surface area contributed by atoms with Gasteiger partial charge in [0, 0.05) is 77.3 Å². The van der Waals surface area contributed by atoms with Crippen molar-refractivity contribution in [1.29, 1.82) is 0 Å². The first kappa shape index (κ1) is 17.8. The Balaban J connectivity index is 1.28. The number of piperazine rings is 3. The fourth-order valence-corrected chi connectivity index (χ4v) is 4.01. The molecule has 5 heterocycles. The summed E-state index contributed by atoms with van der Waals surface area (Å²) < 4.78 is 10.9. The molecular formula is C19H31N5O2. The summed E-state index contributed by atoms with van der Waals surface area (Å²) in [6.45, 7) is 10.3. The Labute approximate surface area is 155 Å². The van der Waals surface area contributed by atoms with Crippen LogP contribution in [0.3, 0.4) is 0 Å². The van der Waals surface area contributed by atoms with E-state index in [-0.39, 0.29) is 0 Å². The van der Waals surface area contributed by atoms with Crippen LogP contribution >= 0.6 is 0 Å². The lowest BCUT2D eigenvalue weighted by atomic mass is 10.1. The molecule has 0 aromatic carbocycles. The van der Waals surface area contributed by atoms with Gasteiger partial charge in [0.2, 0.25) is 0 Å². The number of hydrogen-bond acceptors (Lipinski definition) is 5. The molecule has 26 heavy (non-hydrogen) atoms. The summed E-state index contributed by atoms with van der Waals surface area (Å²) in [5.74, 6) is 2.48. The molecule has 0 aliphatic carbocycles. The Morgan fingerprint density at radius 2 is 2.15 bits per heavy atom. The van der Waals surface area contributed by atoms with Gasteiger partial charge in [-0.15, -0.1) is 0 Å². The van der Waals surface area contributed by atoms with E-state index in [1.165, 1.54) is 32.7 Å². The second kappa shape index (κ2) is 8.88. The monoisotopic (exact) mass is 361 g/mol. The van der Waals surface area contributed by atoms with E-state index in [1.54, 1.807) is 6.26 Å². The van der Waals surface area contributed by atoms with Crippen molar-refractivity contribution >= 4 is 5.96 Å². The van der Waals surface area contributed by atoms with E-state index in [1.807, 2.05) is 12.1 Å². The smallest absolute Gasteiger partial charge is 0.191 e. The first-order chi connectivity index (χ1) is 12.9. The SMILES string of the molecule is c1coc(CCNC(=NCC2CCOC2)NCC2CN3CCN2CC3)c1. The van der Waals surface area contributed by atoms with E-state index in [4.69, 9.17) is 14.1 Å². The van der Waals surface area contributed by atoms with Crippen molar-refractivity contribution in [2.24, 2.45) is 10.9 Å². The third-order valence-electron chi connectivity index (χ3n) is 5.67. The minimum Gasteiger partial charge on any atom is -0.469 e. The number of fused-ring (bicyclic) bond motifs is 3. The summed E-state index contributed by atoms with van der Waals surface area (Å²) in [7, 11) is 0. The van der Waals surface area contributed by atoms with Gasteiger partial charge in [-0.1, -0.05) is 0 Å². The van der Waals surface area contributed by atoms with Gasteiger partial charge >= 0.3 is 0 Å². The zero-order valence-corrected chi connectivity index (χ0v) is 15.5. The van der Waals surface area contributed by atoms with Crippen molar-refractivity contribution in [3.63, 3.8) is 0 Å². The van der Waals surface area contributed by atoms with E-state index >= 15 is 0 Å². The maximum atomic E-state index is 5.47. The normalized spacial score (nSPS) is 31.3. The fraction of sp³-hybridized carbons (Fsp3) is 0.737. The van der Waals surface area contributed by atoms with Crippen molar-refractivity contribution in [2.75, 3.05) is 65.6 Å². The van der Waals surface area contributed by atoms with Crippen LogP contribution in [0.2, 0.25) is 0 Å². The Morgan fingerprint density at radius 1 is 1.23 bits per heavy atom. The maximum Gasteiger partial charge on any atom is 0.191 e. The molecule has 1 aromatic rings. The summed E-state index contributed by atoms with van der Waals surface area (Å²) in [5, 5.41) is 7.05. The molecule has 144 valence electrons. The third kappa shape index (κ3) is 4.78. The molecule has 1 aromatic heterocycles. The highest BCUT2D eigenvalue weighted by Gasteiger charge is 2.31. The van der Waals surface area contributed by atoms with Gasteiger partial charge in [0.05, 0.1) is 12.9 Å². The van der Waals surface area contributed by atoms with Crippen LogP contribution in [0, 0.1) is 5.92 Å². The van der Waals surface area contributed by atoms with Gasteiger partial charge in [-0.3, -0.25) is 14.8 Å². The Kier molecular flexibility index (Phi) is 6.09. The predicted octanol–water partition coefficient (Wildman–Crippen LogP) is 0.394. The molecule has 4 saturated heterocycles. The van der Waals surface area contributed by atoms with Gasteiger partial charge in [0.25, 0.3) is 0 Å².